The third-order valence-corrected chi connectivity index (χ3v) is 5.23. The molecular weight excluding hydrogens is 395 g/mol. The summed E-state index contributed by atoms with van der Waals surface area (Å²) in [6.07, 6.45) is 5.23. The van der Waals surface area contributed by atoms with E-state index in [1.165, 1.54) is 16.8 Å². The first kappa shape index (κ1) is 17.8. The zero-order valence-corrected chi connectivity index (χ0v) is 16.2. The van der Waals surface area contributed by atoms with E-state index in [1.54, 1.807) is 31.3 Å². The van der Waals surface area contributed by atoms with Crippen LogP contribution in [0.1, 0.15) is 40.5 Å². The molecule has 29 heavy (non-hydrogen) atoms. The van der Waals surface area contributed by atoms with Gasteiger partial charge in [-0.15, -0.1) is 10.2 Å². The fraction of sp³-hybridized carbons (Fsp3) is 0.200. The van der Waals surface area contributed by atoms with Crippen molar-refractivity contribution in [3.05, 3.63) is 64.5 Å². The average molecular weight is 411 g/mol. The molecule has 3 heterocycles. The third-order valence-electron chi connectivity index (χ3n) is 5.01. The number of H-pyrrole nitrogens is 1. The second-order valence-electron chi connectivity index (χ2n) is 7.17. The van der Waals surface area contributed by atoms with Gasteiger partial charge >= 0.3 is 0 Å². The molecule has 1 fully saturated rings. The van der Waals surface area contributed by atoms with Crippen LogP contribution in [-0.4, -0.2) is 30.7 Å². The number of aromatic amines is 1. The van der Waals surface area contributed by atoms with Crippen molar-refractivity contribution in [2.24, 2.45) is 0 Å². The van der Waals surface area contributed by atoms with E-state index in [4.69, 9.17) is 11.6 Å². The number of aryl methyl sites for hydroxylation is 1. The molecular formula is C20H16ClFN6O. The Morgan fingerprint density at radius 1 is 1.31 bits per heavy atom. The van der Waals surface area contributed by atoms with Crippen LogP contribution in [0.3, 0.4) is 0 Å². The van der Waals surface area contributed by atoms with E-state index in [1.807, 2.05) is 0 Å². The molecule has 1 amide bonds. The Hall–Kier alpha value is -3.26. The summed E-state index contributed by atoms with van der Waals surface area (Å²) in [5.41, 5.74) is 2.36. The van der Waals surface area contributed by atoms with Gasteiger partial charge in [0.25, 0.3) is 5.91 Å². The molecule has 7 nitrogen and oxygen atoms in total. The molecule has 0 unspecified atom stereocenters. The van der Waals surface area contributed by atoms with Gasteiger partial charge in [-0.25, -0.2) is 8.91 Å². The van der Waals surface area contributed by atoms with E-state index in [-0.39, 0.29) is 11.5 Å². The standard InChI is InChI=1S/C20H16ClFN6O/c1-10-6-15(22)13(19-25-18(26-27-19)11-2-3-11)7-16(10)24-20(29)14-8-23-28-9-12(21)4-5-17(14)28/h4-9,11H,2-3H2,1H3,(H,24,29)(H,25,26,27). The number of amides is 1. The second kappa shape index (κ2) is 6.66. The van der Waals surface area contributed by atoms with Crippen molar-refractivity contribution in [1.29, 1.82) is 0 Å². The van der Waals surface area contributed by atoms with Crippen LogP contribution in [0.5, 0.6) is 0 Å². The Labute approximate surface area is 169 Å². The van der Waals surface area contributed by atoms with Crippen LogP contribution in [0.4, 0.5) is 10.1 Å². The maximum Gasteiger partial charge on any atom is 0.259 e. The summed E-state index contributed by atoms with van der Waals surface area (Å²) in [6, 6.07) is 6.36. The summed E-state index contributed by atoms with van der Waals surface area (Å²) in [4.78, 5) is 15.9. The zero-order valence-electron chi connectivity index (χ0n) is 15.4. The first-order valence-electron chi connectivity index (χ1n) is 9.17. The number of fused-ring (bicyclic) bond motifs is 1. The number of carbonyl (C=O) groups is 1. The highest BCUT2D eigenvalue weighted by Crippen LogP contribution is 2.38. The smallest absolute Gasteiger partial charge is 0.259 e. The number of nitrogens with one attached hydrogen (secondary N) is 2. The highest BCUT2D eigenvalue weighted by Gasteiger charge is 2.28. The van der Waals surface area contributed by atoms with Crippen molar-refractivity contribution in [3.63, 3.8) is 0 Å². The Morgan fingerprint density at radius 3 is 2.93 bits per heavy atom. The molecule has 9 heteroatoms. The Morgan fingerprint density at radius 2 is 2.14 bits per heavy atom. The summed E-state index contributed by atoms with van der Waals surface area (Å²) in [7, 11) is 0. The van der Waals surface area contributed by atoms with E-state index in [0.29, 0.717) is 39.1 Å². The molecule has 3 aromatic heterocycles. The minimum absolute atomic E-state index is 0.261. The molecule has 0 saturated heterocycles. The number of benzene rings is 1. The molecule has 0 bridgehead atoms. The van der Waals surface area contributed by atoms with Gasteiger partial charge in [0.05, 0.1) is 27.9 Å². The highest BCUT2D eigenvalue weighted by molar-refractivity contribution is 6.30. The predicted octanol–water partition coefficient (Wildman–Crippen LogP) is 4.35. The van der Waals surface area contributed by atoms with Gasteiger partial charge in [0.15, 0.2) is 5.82 Å². The molecule has 0 spiro atoms. The van der Waals surface area contributed by atoms with Crippen molar-refractivity contribution in [1.82, 2.24) is 24.8 Å². The molecule has 0 aliphatic heterocycles. The number of nitrogens with zero attached hydrogens (tertiary/aromatic N) is 4. The van der Waals surface area contributed by atoms with Crippen molar-refractivity contribution in [2.75, 3.05) is 5.32 Å². The Bertz CT molecular complexity index is 1260. The normalized spacial score (nSPS) is 13.8. The molecule has 4 aromatic rings. The van der Waals surface area contributed by atoms with Gasteiger partial charge < -0.3 is 10.3 Å². The van der Waals surface area contributed by atoms with Crippen LogP contribution in [0.2, 0.25) is 5.02 Å². The monoisotopic (exact) mass is 410 g/mol. The first-order valence-corrected chi connectivity index (χ1v) is 9.55. The number of rotatable bonds is 4. The summed E-state index contributed by atoms with van der Waals surface area (Å²) in [5.74, 6) is 0.734. The number of halogens is 2. The van der Waals surface area contributed by atoms with Gasteiger partial charge in [-0.05, 0) is 49.6 Å². The van der Waals surface area contributed by atoms with Crippen LogP contribution >= 0.6 is 11.6 Å². The fourth-order valence-corrected chi connectivity index (χ4v) is 3.40. The van der Waals surface area contributed by atoms with Gasteiger partial charge in [0.1, 0.15) is 11.6 Å². The first-order chi connectivity index (χ1) is 14.0. The maximum absolute atomic E-state index is 14.6. The topological polar surface area (TPSA) is 88.0 Å². The molecule has 1 saturated carbocycles. The summed E-state index contributed by atoms with van der Waals surface area (Å²) in [6.45, 7) is 1.73. The average Bonchev–Trinajstić information content (AvgIpc) is 3.27. The zero-order chi connectivity index (χ0) is 20.1. The van der Waals surface area contributed by atoms with E-state index < -0.39 is 5.82 Å². The minimum Gasteiger partial charge on any atom is -0.325 e. The lowest BCUT2D eigenvalue weighted by Crippen LogP contribution is -2.13. The summed E-state index contributed by atoms with van der Waals surface area (Å²) in [5, 5.41) is 15.7. The van der Waals surface area contributed by atoms with Gasteiger partial charge in [0.2, 0.25) is 0 Å². The van der Waals surface area contributed by atoms with Crippen molar-refractivity contribution >= 4 is 28.7 Å². The van der Waals surface area contributed by atoms with Crippen LogP contribution < -0.4 is 5.32 Å². The number of pyridine rings is 1. The number of hydrogen-bond donors (Lipinski definition) is 2. The van der Waals surface area contributed by atoms with Crippen molar-refractivity contribution in [2.45, 2.75) is 25.7 Å². The number of hydrogen-bond acceptors (Lipinski definition) is 4. The molecule has 146 valence electrons. The number of aromatic nitrogens is 5. The highest BCUT2D eigenvalue weighted by atomic mass is 35.5. The molecule has 2 N–H and O–H groups in total. The van der Waals surface area contributed by atoms with Crippen LogP contribution in [-0.2, 0) is 0 Å². The molecule has 1 aliphatic rings. The predicted molar refractivity (Wildman–Crippen MR) is 107 cm³/mol. The lowest BCUT2D eigenvalue weighted by molar-refractivity contribution is 0.102. The minimum atomic E-state index is -0.426. The summed E-state index contributed by atoms with van der Waals surface area (Å²) < 4.78 is 16.1. The van der Waals surface area contributed by atoms with Crippen molar-refractivity contribution in [3.8, 4) is 11.4 Å². The quantitative estimate of drug-likeness (QED) is 0.523. The Balaban J connectivity index is 1.47. The van der Waals surface area contributed by atoms with E-state index in [2.05, 4.69) is 25.6 Å². The SMILES string of the molecule is Cc1cc(F)c(-c2nnc(C3CC3)[nH]2)cc1NC(=O)c1cnn2cc(Cl)ccc12. The Kier molecular flexibility index (Phi) is 4.09. The molecule has 1 aromatic carbocycles. The molecule has 5 rings (SSSR count). The molecule has 1 aliphatic carbocycles. The lowest BCUT2D eigenvalue weighted by Gasteiger charge is -2.10. The molecule has 0 atom stereocenters. The van der Waals surface area contributed by atoms with E-state index in [0.717, 1.165) is 18.7 Å². The fourth-order valence-electron chi connectivity index (χ4n) is 3.25. The maximum atomic E-state index is 14.6. The van der Waals surface area contributed by atoms with Gasteiger partial charge in [0, 0.05) is 17.8 Å². The van der Waals surface area contributed by atoms with Crippen LogP contribution in [0.15, 0.2) is 36.7 Å². The third kappa shape index (κ3) is 3.25. The van der Waals surface area contributed by atoms with Gasteiger partial charge in [-0.1, -0.05) is 11.6 Å². The van der Waals surface area contributed by atoms with Crippen LogP contribution in [0, 0.1) is 12.7 Å². The molecule has 0 radical (unpaired) electrons. The van der Waals surface area contributed by atoms with E-state index >= 15 is 0 Å². The largest absolute Gasteiger partial charge is 0.325 e. The van der Waals surface area contributed by atoms with Gasteiger partial charge in [-0.3, -0.25) is 4.79 Å². The second-order valence-corrected chi connectivity index (χ2v) is 7.61. The number of anilines is 1. The van der Waals surface area contributed by atoms with Crippen LogP contribution in [0.25, 0.3) is 16.9 Å². The summed E-state index contributed by atoms with van der Waals surface area (Å²) >= 11 is 5.96. The number of carbonyl (C=O) groups excluding carboxylic acids is 1. The van der Waals surface area contributed by atoms with Gasteiger partial charge in [-0.2, -0.15) is 5.10 Å². The lowest BCUT2D eigenvalue weighted by atomic mass is 10.1. The van der Waals surface area contributed by atoms with Crippen molar-refractivity contribution < 1.29 is 9.18 Å². The van der Waals surface area contributed by atoms with E-state index in [9.17, 15) is 9.18 Å².